The van der Waals surface area contributed by atoms with Gasteiger partial charge in [-0.15, -0.1) is 0 Å². The third kappa shape index (κ3) is 4.06. The summed E-state index contributed by atoms with van der Waals surface area (Å²) in [6.45, 7) is 1.71. The highest BCUT2D eigenvalue weighted by Crippen LogP contribution is 2.12. The van der Waals surface area contributed by atoms with E-state index in [9.17, 15) is 14.0 Å². The largest absolute Gasteiger partial charge is 0.367 e. The zero-order valence-corrected chi connectivity index (χ0v) is 13.0. The molecule has 2 saturated heterocycles. The summed E-state index contributed by atoms with van der Waals surface area (Å²) in [4.78, 5) is 28.2. The first-order valence-corrected chi connectivity index (χ1v) is 7.75. The fourth-order valence-corrected chi connectivity index (χ4v) is 2.82. The van der Waals surface area contributed by atoms with E-state index in [1.54, 1.807) is 6.07 Å². The van der Waals surface area contributed by atoms with Crippen molar-refractivity contribution in [3.8, 4) is 0 Å². The van der Waals surface area contributed by atoms with Crippen LogP contribution in [0.4, 0.5) is 4.39 Å². The van der Waals surface area contributed by atoms with Gasteiger partial charge in [0, 0.05) is 26.1 Å². The van der Waals surface area contributed by atoms with Crippen LogP contribution in [-0.2, 0) is 21.0 Å². The number of carbonyl (C=O) groups excluding carboxylic acids is 2. The molecule has 2 aliphatic rings. The fourth-order valence-electron chi connectivity index (χ4n) is 2.82. The van der Waals surface area contributed by atoms with Crippen molar-refractivity contribution < 1.29 is 18.8 Å². The van der Waals surface area contributed by atoms with Crippen LogP contribution in [0.2, 0.25) is 0 Å². The number of primary amides is 1. The van der Waals surface area contributed by atoms with Gasteiger partial charge in [0.05, 0.1) is 6.04 Å². The Balaban J connectivity index is 1.46. The minimum absolute atomic E-state index is 0.0829. The van der Waals surface area contributed by atoms with Gasteiger partial charge in [-0.1, -0.05) is 12.1 Å². The van der Waals surface area contributed by atoms with Crippen molar-refractivity contribution in [1.82, 2.24) is 21.2 Å². The Bertz CT molecular complexity index is 629. The maximum Gasteiger partial charge on any atom is 0.248 e. The Hall–Kier alpha value is -2.07. The number of hydrogen-bond donors (Lipinski definition) is 4. The molecule has 2 heterocycles. The Morgan fingerprint density at radius 1 is 1.46 bits per heavy atom. The number of nitrogens with one attached hydrogen (secondary N) is 3. The lowest BCUT2D eigenvalue weighted by Gasteiger charge is -2.17. The number of hydrogen-bond acceptors (Lipinski definition) is 6. The molecule has 8 nitrogen and oxygen atoms in total. The molecule has 2 fully saturated rings. The van der Waals surface area contributed by atoms with Crippen LogP contribution in [0.5, 0.6) is 0 Å². The molecule has 0 saturated carbocycles. The van der Waals surface area contributed by atoms with E-state index in [2.05, 4.69) is 16.2 Å². The van der Waals surface area contributed by atoms with E-state index >= 15 is 0 Å². The Kier molecular flexibility index (Phi) is 5.05. The van der Waals surface area contributed by atoms with Gasteiger partial charge in [0.15, 0.2) is 6.10 Å². The summed E-state index contributed by atoms with van der Waals surface area (Å²) < 4.78 is 13.2. The van der Waals surface area contributed by atoms with E-state index in [4.69, 9.17) is 10.6 Å². The quantitative estimate of drug-likeness (QED) is 0.536. The van der Waals surface area contributed by atoms with E-state index in [0.29, 0.717) is 19.6 Å². The Morgan fingerprint density at radius 3 is 3.00 bits per heavy atom. The smallest absolute Gasteiger partial charge is 0.248 e. The Labute approximate surface area is 138 Å². The lowest BCUT2D eigenvalue weighted by molar-refractivity contribution is -0.131. The van der Waals surface area contributed by atoms with Crippen molar-refractivity contribution in [3.05, 3.63) is 35.6 Å². The third-order valence-corrected chi connectivity index (χ3v) is 4.05. The van der Waals surface area contributed by atoms with Crippen LogP contribution in [0.1, 0.15) is 12.0 Å². The number of rotatable bonds is 5. The van der Waals surface area contributed by atoms with Crippen LogP contribution in [-0.4, -0.2) is 48.1 Å². The van der Waals surface area contributed by atoms with Crippen molar-refractivity contribution >= 4 is 11.8 Å². The van der Waals surface area contributed by atoms with Gasteiger partial charge in [0.1, 0.15) is 11.9 Å². The molecule has 5 N–H and O–H groups in total. The molecule has 1 aromatic rings. The average Bonchev–Trinajstić information content (AvgIpc) is 3.17. The maximum atomic E-state index is 13.2. The van der Waals surface area contributed by atoms with Crippen LogP contribution in [0.15, 0.2) is 24.3 Å². The van der Waals surface area contributed by atoms with Crippen molar-refractivity contribution in [3.63, 3.8) is 0 Å². The molecule has 130 valence electrons. The summed E-state index contributed by atoms with van der Waals surface area (Å²) in [6, 6.07) is 5.72. The first-order chi connectivity index (χ1) is 11.5. The predicted octanol–water partition coefficient (Wildman–Crippen LogP) is -1.22. The lowest BCUT2D eigenvalue weighted by Crippen LogP contribution is -2.47. The van der Waals surface area contributed by atoms with Crippen LogP contribution in [0.3, 0.4) is 0 Å². The number of carbonyl (C=O) groups is 2. The third-order valence-electron chi connectivity index (χ3n) is 4.05. The van der Waals surface area contributed by atoms with E-state index in [0.717, 1.165) is 5.56 Å². The number of amides is 2. The number of nitrogens with zero attached hydrogens (tertiary/aromatic N) is 1. The number of nitrogens with two attached hydrogens (primary N) is 1. The van der Waals surface area contributed by atoms with Crippen LogP contribution in [0.25, 0.3) is 0 Å². The standard InChI is InChI=1S/C15H20FN5O3/c16-10-3-1-2-9(4-10)7-21-8-11(6-18-21)19-15(23)12-5-13(14(17)22)24-20-12/h1-4,11-13,18,20H,5-8H2,(H2,17,22)(H,19,23). The molecule has 0 spiro atoms. The van der Waals surface area contributed by atoms with Gasteiger partial charge in [-0.3, -0.25) is 19.9 Å². The molecule has 0 bridgehead atoms. The number of hydroxylamine groups is 1. The molecular formula is C15H20FN5O3. The van der Waals surface area contributed by atoms with Gasteiger partial charge in [0.2, 0.25) is 11.8 Å². The summed E-state index contributed by atoms with van der Waals surface area (Å²) in [5.41, 5.74) is 11.7. The van der Waals surface area contributed by atoms with Crippen LogP contribution < -0.4 is 22.0 Å². The molecule has 3 atom stereocenters. The molecule has 3 rings (SSSR count). The van der Waals surface area contributed by atoms with Crippen molar-refractivity contribution in [1.29, 1.82) is 0 Å². The van der Waals surface area contributed by atoms with Gasteiger partial charge in [-0.05, 0) is 17.7 Å². The highest BCUT2D eigenvalue weighted by molar-refractivity contribution is 5.85. The van der Waals surface area contributed by atoms with Gasteiger partial charge in [-0.2, -0.15) is 5.48 Å². The first kappa shape index (κ1) is 16.8. The normalized spacial score (nSPS) is 27.3. The predicted molar refractivity (Wildman–Crippen MR) is 82.4 cm³/mol. The van der Waals surface area contributed by atoms with E-state index in [1.807, 2.05) is 11.1 Å². The molecule has 2 amide bonds. The molecule has 9 heteroatoms. The van der Waals surface area contributed by atoms with Gasteiger partial charge >= 0.3 is 0 Å². The van der Waals surface area contributed by atoms with Crippen molar-refractivity contribution in [2.24, 2.45) is 5.73 Å². The van der Waals surface area contributed by atoms with Gasteiger partial charge in [0.25, 0.3) is 0 Å². The zero-order chi connectivity index (χ0) is 17.1. The topological polar surface area (TPSA) is 109 Å². The molecule has 2 aliphatic heterocycles. The van der Waals surface area contributed by atoms with E-state index in [1.165, 1.54) is 12.1 Å². The van der Waals surface area contributed by atoms with Crippen LogP contribution in [0, 0.1) is 5.82 Å². The summed E-state index contributed by atoms with van der Waals surface area (Å²) in [6.07, 6.45) is -0.569. The number of hydrazine groups is 1. The van der Waals surface area contributed by atoms with Crippen molar-refractivity contribution in [2.45, 2.75) is 31.2 Å². The first-order valence-electron chi connectivity index (χ1n) is 7.75. The van der Waals surface area contributed by atoms with Gasteiger partial charge in [-0.25, -0.2) is 9.40 Å². The summed E-state index contributed by atoms with van der Waals surface area (Å²) in [5.74, 6) is -1.10. The Morgan fingerprint density at radius 2 is 2.29 bits per heavy atom. The molecular weight excluding hydrogens is 317 g/mol. The van der Waals surface area contributed by atoms with Crippen LogP contribution >= 0.6 is 0 Å². The fraction of sp³-hybridized carbons (Fsp3) is 0.467. The SMILES string of the molecule is NC(=O)C1CC(C(=O)NC2CNN(Cc3cccc(F)c3)C2)NO1. The minimum atomic E-state index is -0.785. The average molecular weight is 337 g/mol. The maximum absolute atomic E-state index is 13.2. The highest BCUT2D eigenvalue weighted by atomic mass is 19.1. The molecule has 0 radical (unpaired) electrons. The van der Waals surface area contributed by atoms with E-state index < -0.39 is 18.1 Å². The van der Waals surface area contributed by atoms with E-state index in [-0.39, 0.29) is 24.2 Å². The van der Waals surface area contributed by atoms with Gasteiger partial charge < -0.3 is 11.1 Å². The highest BCUT2D eigenvalue weighted by Gasteiger charge is 2.35. The summed E-state index contributed by atoms with van der Waals surface area (Å²) in [5, 5.41) is 4.82. The lowest BCUT2D eigenvalue weighted by atomic mass is 10.1. The summed E-state index contributed by atoms with van der Waals surface area (Å²) in [7, 11) is 0. The molecule has 0 aromatic heterocycles. The monoisotopic (exact) mass is 337 g/mol. The number of halogens is 1. The molecule has 0 aliphatic carbocycles. The second kappa shape index (κ2) is 7.22. The molecule has 3 unspecified atom stereocenters. The van der Waals surface area contributed by atoms with Crippen molar-refractivity contribution in [2.75, 3.05) is 13.1 Å². The zero-order valence-electron chi connectivity index (χ0n) is 13.0. The summed E-state index contributed by atoms with van der Waals surface area (Å²) >= 11 is 0. The molecule has 24 heavy (non-hydrogen) atoms. The second-order valence-corrected chi connectivity index (χ2v) is 5.99. The minimum Gasteiger partial charge on any atom is -0.367 e. The molecule has 1 aromatic carbocycles. The second-order valence-electron chi connectivity index (χ2n) is 5.99. The number of benzene rings is 1.